The highest BCUT2D eigenvalue weighted by Gasteiger charge is 2.40. The lowest BCUT2D eigenvalue weighted by molar-refractivity contribution is -0.127. The molecule has 31 heavy (non-hydrogen) atoms. The molecule has 2 aromatic rings. The molecule has 1 unspecified atom stereocenters. The number of halogens is 2. The van der Waals surface area contributed by atoms with E-state index in [9.17, 15) is 18.4 Å². The molecule has 2 amide bonds. The third kappa shape index (κ3) is 5.34. The predicted molar refractivity (Wildman–Crippen MR) is 124 cm³/mol. The van der Waals surface area contributed by atoms with Gasteiger partial charge in [0.1, 0.15) is 29.3 Å². The number of alkyl halides is 2. The number of carbonyl (C=O) groups excluding carboxylic acids is 2. The van der Waals surface area contributed by atoms with Crippen molar-refractivity contribution in [3.63, 3.8) is 0 Å². The molecule has 1 N–H and O–H groups in total. The zero-order valence-corrected chi connectivity index (χ0v) is 18.1. The van der Waals surface area contributed by atoms with E-state index in [0.29, 0.717) is 17.1 Å². The van der Waals surface area contributed by atoms with Gasteiger partial charge < -0.3 is 10.1 Å². The first-order chi connectivity index (χ1) is 14.3. The summed E-state index contributed by atoms with van der Waals surface area (Å²) < 4.78 is 32.9. The van der Waals surface area contributed by atoms with Crippen molar-refractivity contribution >= 4 is 52.4 Å². The topological polar surface area (TPSA) is 71.0 Å². The molecule has 0 radical (unpaired) electrons. The summed E-state index contributed by atoms with van der Waals surface area (Å²) in [6.07, 6.45) is 0. The van der Waals surface area contributed by atoms with Crippen LogP contribution in [0, 0.1) is 5.92 Å². The average molecular weight is 423 g/mol. The van der Waals surface area contributed by atoms with Crippen molar-refractivity contribution in [2.24, 2.45) is 11.0 Å². The van der Waals surface area contributed by atoms with Gasteiger partial charge in [-0.15, -0.1) is 0 Å². The van der Waals surface area contributed by atoms with Crippen LogP contribution in [0.1, 0.15) is 19.4 Å². The molecule has 0 saturated heterocycles. The molecule has 0 bridgehead atoms. The summed E-state index contributed by atoms with van der Waals surface area (Å²) in [6, 6.07) is 12.2. The van der Waals surface area contributed by atoms with Gasteiger partial charge in [-0.2, -0.15) is 10.1 Å². The number of hydrazone groups is 1. The van der Waals surface area contributed by atoms with Gasteiger partial charge in [-0.25, -0.2) is 8.78 Å². The van der Waals surface area contributed by atoms with Gasteiger partial charge in [0, 0.05) is 23.5 Å². The molecule has 1 aliphatic rings. The van der Waals surface area contributed by atoms with Crippen molar-refractivity contribution < 1.29 is 23.1 Å². The Morgan fingerprint density at radius 1 is 1.16 bits per heavy atom. The maximum absolute atomic E-state index is 13.6. The zero-order chi connectivity index (χ0) is 23.0. The molecule has 0 aliphatic carbocycles. The van der Waals surface area contributed by atoms with Crippen molar-refractivity contribution in [2.45, 2.75) is 25.1 Å². The van der Waals surface area contributed by atoms with Gasteiger partial charge in [0.2, 0.25) is 5.91 Å². The van der Waals surface area contributed by atoms with Crippen LogP contribution in [0.25, 0.3) is 0 Å². The largest absolute Gasteiger partial charge is 0.514 e. The van der Waals surface area contributed by atoms with E-state index in [1.807, 2.05) is 23.5 Å². The Morgan fingerprint density at radius 2 is 1.81 bits per heavy atom. The van der Waals surface area contributed by atoms with Crippen molar-refractivity contribution in [1.82, 2.24) is 0 Å². The van der Waals surface area contributed by atoms with Crippen molar-refractivity contribution in [3.8, 4) is 5.75 Å². The maximum Gasteiger partial charge on any atom is 0.270 e. The molecule has 158 valence electrons. The van der Waals surface area contributed by atoms with Gasteiger partial charge in [-0.05, 0) is 43.3 Å². The number of nitrogens with one attached hydrogen (secondary N) is 1. The molecule has 3 rings (SSSR count). The van der Waals surface area contributed by atoms with Gasteiger partial charge in [0.15, 0.2) is 5.92 Å². The quantitative estimate of drug-likeness (QED) is 0.549. The Labute approximate surface area is 182 Å². The highest BCUT2D eigenvalue weighted by atomic mass is 19.3. The summed E-state index contributed by atoms with van der Waals surface area (Å²) in [5, 5.41) is 7.57. The molecule has 0 fully saturated rings. The number of anilines is 2. The van der Waals surface area contributed by atoms with Crippen LogP contribution in [0.3, 0.4) is 0 Å². The normalized spacial score (nSPS) is 16.8. The van der Waals surface area contributed by atoms with Crippen LogP contribution < -0.4 is 15.1 Å². The predicted octanol–water partition coefficient (Wildman–Crippen LogP) is 0.665. The molecular formula is C20H22B3F2N3O3. The highest BCUT2D eigenvalue weighted by molar-refractivity contribution is 6.58. The zero-order valence-electron chi connectivity index (χ0n) is 18.1. The minimum atomic E-state index is -3.04. The van der Waals surface area contributed by atoms with Crippen LogP contribution in [0.5, 0.6) is 5.75 Å². The molecule has 1 heterocycles. The number of hydrogen-bond donors (Lipinski definition) is 1. The van der Waals surface area contributed by atoms with Gasteiger partial charge in [0.25, 0.3) is 11.8 Å². The Bertz CT molecular complexity index is 1030. The van der Waals surface area contributed by atoms with E-state index in [-0.39, 0.29) is 16.5 Å². The average Bonchev–Trinajstić information content (AvgIpc) is 2.95. The third-order valence-electron chi connectivity index (χ3n) is 4.54. The number of rotatable bonds is 6. The van der Waals surface area contributed by atoms with E-state index >= 15 is 0 Å². The van der Waals surface area contributed by atoms with Crippen molar-refractivity contribution in [3.05, 3.63) is 54.1 Å². The van der Waals surface area contributed by atoms with Crippen LogP contribution in [0.2, 0.25) is 0 Å². The summed E-state index contributed by atoms with van der Waals surface area (Å²) in [7, 11) is 5.79. The molecule has 0 saturated carbocycles. The van der Waals surface area contributed by atoms with Crippen LogP contribution in [-0.2, 0) is 15.5 Å². The number of nitrogens with zero attached hydrogens (tertiary/aromatic N) is 2. The van der Waals surface area contributed by atoms with Crippen LogP contribution in [-0.4, -0.2) is 46.4 Å². The first kappa shape index (κ1) is 22.6. The Hall–Kier alpha value is -3.10. The minimum absolute atomic E-state index is 0.187. The van der Waals surface area contributed by atoms with Crippen LogP contribution >= 0.6 is 0 Å². The molecule has 11 heteroatoms. The minimum Gasteiger partial charge on any atom is -0.514 e. The fourth-order valence-corrected chi connectivity index (χ4v) is 3.15. The summed E-state index contributed by atoms with van der Waals surface area (Å²) in [4.78, 5) is 25.6. The lowest BCUT2D eigenvalue weighted by Crippen LogP contribution is -2.37. The first-order valence-corrected chi connectivity index (χ1v) is 9.82. The fourth-order valence-electron chi connectivity index (χ4n) is 3.15. The maximum atomic E-state index is 13.6. The fraction of sp³-hybridized carbons (Fsp3) is 0.250. The van der Waals surface area contributed by atoms with E-state index in [0.717, 1.165) is 11.9 Å². The smallest absolute Gasteiger partial charge is 0.270 e. The molecule has 1 atom stereocenters. The standard InChI is InChI=1S/C20H22B3F2N3O3/c1-11-16(17(29)26-13-5-3-4-12(10-13)19(2,24)25)18(30)28(27-11)14-6-8-15(9-7-14)31-20(21,22)23/h3-10,16H,21-23H2,1-2H3,(H,26,29). The van der Waals surface area contributed by atoms with E-state index < -0.39 is 23.7 Å². The number of hydrogen-bond acceptors (Lipinski definition) is 4. The van der Waals surface area contributed by atoms with Gasteiger partial charge >= 0.3 is 0 Å². The second-order valence-corrected chi connectivity index (χ2v) is 8.49. The number of carbonyl (C=O) groups is 2. The van der Waals surface area contributed by atoms with Gasteiger partial charge in [-0.1, -0.05) is 12.1 Å². The number of benzene rings is 2. The van der Waals surface area contributed by atoms with Crippen LogP contribution in [0.15, 0.2) is 53.6 Å². The van der Waals surface area contributed by atoms with Crippen LogP contribution in [0.4, 0.5) is 20.2 Å². The first-order valence-electron chi connectivity index (χ1n) is 9.82. The summed E-state index contributed by atoms with van der Waals surface area (Å²) in [5.41, 5.74) is 0.766. The van der Waals surface area contributed by atoms with Crippen molar-refractivity contribution in [1.29, 1.82) is 0 Å². The highest BCUT2D eigenvalue weighted by Crippen LogP contribution is 2.30. The molecule has 0 spiro atoms. The van der Waals surface area contributed by atoms with Gasteiger partial charge in [0.05, 0.1) is 11.4 Å². The number of ether oxygens (including phenoxy) is 1. The van der Waals surface area contributed by atoms with Crippen molar-refractivity contribution in [2.75, 3.05) is 10.3 Å². The lowest BCUT2D eigenvalue weighted by atomic mass is 9.52. The second-order valence-electron chi connectivity index (χ2n) is 8.49. The number of amides is 2. The monoisotopic (exact) mass is 423 g/mol. The van der Waals surface area contributed by atoms with Gasteiger partial charge in [-0.3, -0.25) is 9.59 Å². The van der Waals surface area contributed by atoms with E-state index in [2.05, 4.69) is 10.4 Å². The molecule has 1 aliphatic heterocycles. The molecule has 6 nitrogen and oxygen atoms in total. The summed E-state index contributed by atoms with van der Waals surface area (Å²) in [6.45, 7) is 2.36. The van der Waals surface area contributed by atoms with E-state index in [1.165, 1.54) is 24.3 Å². The Balaban J connectivity index is 1.74. The lowest BCUT2D eigenvalue weighted by Gasteiger charge is -2.22. The molecule has 0 aromatic heterocycles. The molecule has 2 aromatic carbocycles. The molecular weight excluding hydrogens is 401 g/mol. The second kappa shape index (κ2) is 8.21. The SMILES string of the molecule is BC(B)(B)Oc1ccc(N2N=C(C)C(C(=O)Nc3cccc(C(C)(F)F)c3)C2=O)cc1. The summed E-state index contributed by atoms with van der Waals surface area (Å²) in [5.74, 6) is -4.68. The Kier molecular flexibility index (Phi) is 5.98. The van der Waals surface area contributed by atoms with E-state index in [4.69, 9.17) is 4.74 Å². The third-order valence-corrected chi connectivity index (χ3v) is 4.54. The van der Waals surface area contributed by atoms with E-state index in [1.54, 1.807) is 31.2 Å². The Morgan fingerprint density at radius 3 is 2.39 bits per heavy atom. The summed E-state index contributed by atoms with van der Waals surface area (Å²) >= 11 is 0.